The minimum absolute atomic E-state index is 0.0397. The van der Waals surface area contributed by atoms with Crippen LogP contribution in [-0.2, 0) is 70.1 Å². The molecule has 13 atom stereocenters. The number of rotatable bonds is 12. The average Bonchev–Trinajstić information content (AvgIpc) is 1.59. The highest BCUT2D eigenvalue weighted by atomic mass is 19.4. The molecule has 10 N–H and O–H groups in total. The van der Waals surface area contributed by atoms with Crippen LogP contribution in [0.5, 0.6) is 0 Å². The maximum Gasteiger partial charge on any atom is 0.416 e. The van der Waals surface area contributed by atoms with Gasteiger partial charge in [0, 0.05) is 39.5 Å². The average molecular weight is 1280 g/mol. The molecule has 0 bridgehead atoms. The van der Waals surface area contributed by atoms with Crippen LogP contribution in [0.25, 0.3) is 0 Å². The first kappa shape index (κ1) is 76.9. The van der Waals surface area contributed by atoms with Gasteiger partial charge in [0.05, 0.1) is 18.2 Å². The lowest BCUT2D eigenvalue weighted by Gasteiger charge is -2.36. The van der Waals surface area contributed by atoms with E-state index in [1.807, 2.05) is 20.8 Å². The van der Waals surface area contributed by atoms with Crippen LogP contribution >= 0.6 is 0 Å². The Hall–Kier alpha value is -7.39. The van der Waals surface area contributed by atoms with Crippen LogP contribution in [0.4, 0.5) is 13.2 Å². The first-order valence-corrected chi connectivity index (χ1v) is 31.2. The van der Waals surface area contributed by atoms with Crippen LogP contribution < -0.4 is 47.9 Å². The molecule has 2 saturated heterocycles. The normalized spacial score (nSPS) is 27.4. The molecule has 2 aliphatic rings. The predicted molar refractivity (Wildman–Crippen MR) is 327 cm³/mol. The molecule has 28 heteroatoms. The van der Waals surface area contributed by atoms with Crippen molar-refractivity contribution in [1.82, 2.24) is 62.6 Å². The smallest absolute Gasteiger partial charge is 0.391 e. The monoisotopic (exact) mass is 1280 g/mol. The van der Waals surface area contributed by atoms with Gasteiger partial charge >= 0.3 is 6.18 Å². The summed E-state index contributed by atoms with van der Waals surface area (Å²) in [6.45, 7) is 22.3. The largest absolute Gasteiger partial charge is 0.416 e. The molecule has 0 spiro atoms. The number of alkyl halides is 3. The number of hydrogen-bond acceptors (Lipinski definition) is 13. The number of aliphatic hydroxyl groups excluding tert-OH is 1. The molecule has 0 saturated carbocycles. The first-order chi connectivity index (χ1) is 41.8. The van der Waals surface area contributed by atoms with Crippen molar-refractivity contribution in [3.63, 3.8) is 0 Å². The second-order valence-electron chi connectivity index (χ2n) is 25.8. The Labute approximate surface area is 526 Å². The number of likely N-dealkylation sites (N-methyl/N-ethyl adjacent to an activating group) is 2. The van der Waals surface area contributed by atoms with E-state index >= 15 is 0 Å². The van der Waals surface area contributed by atoms with Gasteiger partial charge < -0.3 is 67.7 Å². The van der Waals surface area contributed by atoms with Gasteiger partial charge in [-0.1, -0.05) is 87.8 Å². The number of halogens is 3. The predicted octanol–water partition coefficient (Wildman–Crippen LogP) is 1.57. The van der Waals surface area contributed by atoms with E-state index < -0.39 is 180 Å². The van der Waals surface area contributed by atoms with Gasteiger partial charge in [-0.05, 0) is 107 Å². The zero-order valence-corrected chi connectivity index (χ0v) is 55.0. The van der Waals surface area contributed by atoms with E-state index in [9.17, 15) is 75.8 Å². The Morgan fingerprint density at radius 3 is 1.61 bits per heavy atom. The summed E-state index contributed by atoms with van der Waals surface area (Å²) in [6.07, 6.45) is -5.82. The molecular formula is C62H99F3N12O13. The second kappa shape index (κ2) is 34.7. The quantitative estimate of drug-likeness (QED) is 0.142. The van der Waals surface area contributed by atoms with E-state index in [0.29, 0.717) is 12.8 Å². The van der Waals surface area contributed by atoms with Gasteiger partial charge in [0.25, 0.3) is 0 Å². The molecule has 2 heterocycles. The summed E-state index contributed by atoms with van der Waals surface area (Å²) in [5, 5.41) is 34.4. The third kappa shape index (κ3) is 22.8. The Morgan fingerprint density at radius 2 is 1.09 bits per heavy atom. The SMILES string of the molecule is CC[C@H](C)[C@@H]1NC(=O)[C@H](C)NC(=O)C[C@@H](C)NC(=O)[C@H](CC(C)C)NC(=O)[C@H](CC(C)C)NC(=O)[C@H](C(C)C)NC(=O)[C@H](C)N(C)C(=O)[C@H](Cc2ccc(C(F)(F)F)cc2)NC(=O)CNC(=O)[C@H]([C@@H](C)O)NC(=O)[C@H](CC(C)C)N(C)C(=O)[C@@H]2CCCN2C1=O. The molecule has 90 heavy (non-hydrogen) atoms. The molecule has 0 unspecified atom stereocenters. The minimum atomic E-state index is -4.71. The fraction of sp³-hybridized carbons (Fsp3) is 0.710. The van der Waals surface area contributed by atoms with E-state index in [1.165, 1.54) is 39.8 Å². The number of carbonyl (C=O) groups excluding carboxylic acids is 12. The number of carbonyl (C=O) groups is 12. The lowest BCUT2D eigenvalue weighted by molar-refractivity contribution is -0.149. The minimum Gasteiger partial charge on any atom is -0.391 e. The third-order valence-corrected chi connectivity index (χ3v) is 16.1. The van der Waals surface area contributed by atoms with E-state index in [0.717, 1.165) is 34.1 Å². The van der Waals surface area contributed by atoms with Crippen LogP contribution in [0.15, 0.2) is 24.3 Å². The number of hydrogen-bond donors (Lipinski definition) is 10. The topological polar surface area (TPSA) is 343 Å². The van der Waals surface area contributed by atoms with E-state index in [1.54, 1.807) is 55.4 Å². The molecule has 25 nitrogen and oxygen atoms in total. The van der Waals surface area contributed by atoms with Crippen LogP contribution in [0, 0.1) is 29.6 Å². The summed E-state index contributed by atoms with van der Waals surface area (Å²) < 4.78 is 40.8. The van der Waals surface area contributed by atoms with Crippen molar-refractivity contribution < 1.29 is 75.8 Å². The Morgan fingerprint density at radius 1 is 0.556 bits per heavy atom. The number of amides is 12. The van der Waals surface area contributed by atoms with Crippen molar-refractivity contribution in [3.05, 3.63) is 35.4 Å². The van der Waals surface area contributed by atoms with Gasteiger partial charge in [0.15, 0.2) is 0 Å². The molecule has 2 fully saturated rings. The highest BCUT2D eigenvalue weighted by Crippen LogP contribution is 2.30. The Kier molecular flexibility index (Phi) is 29.6. The molecule has 1 aromatic rings. The zero-order chi connectivity index (χ0) is 68.4. The van der Waals surface area contributed by atoms with Crippen molar-refractivity contribution in [2.45, 2.75) is 227 Å². The highest BCUT2D eigenvalue weighted by molar-refractivity contribution is 5.99. The summed E-state index contributed by atoms with van der Waals surface area (Å²) in [5.41, 5.74) is -0.853. The fourth-order valence-corrected chi connectivity index (χ4v) is 10.5. The van der Waals surface area contributed by atoms with E-state index in [2.05, 4.69) is 47.9 Å². The number of benzene rings is 1. The van der Waals surface area contributed by atoms with Crippen LogP contribution in [0.3, 0.4) is 0 Å². The third-order valence-electron chi connectivity index (χ3n) is 16.1. The van der Waals surface area contributed by atoms with Crippen molar-refractivity contribution >= 4 is 70.9 Å². The Bertz CT molecular complexity index is 2690. The molecule has 0 aliphatic carbocycles. The molecule has 3 rings (SSSR count). The molecule has 12 amide bonds. The molecule has 0 aromatic heterocycles. The van der Waals surface area contributed by atoms with Crippen molar-refractivity contribution in [3.8, 4) is 0 Å². The number of aliphatic hydroxyl groups is 1. The Balaban J connectivity index is 2.14. The highest BCUT2D eigenvalue weighted by Gasteiger charge is 2.44. The van der Waals surface area contributed by atoms with Gasteiger partial charge in [0.1, 0.15) is 60.4 Å². The summed E-state index contributed by atoms with van der Waals surface area (Å²) >= 11 is 0. The second-order valence-corrected chi connectivity index (χ2v) is 25.8. The fourth-order valence-electron chi connectivity index (χ4n) is 10.5. The van der Waals surface area contributed by atoms with E-state index in [4.69, 9.17) is 0 Å². The number of nitrogens with one attached hydrogen (secondary N) is 9. The van der Waals surface area contributed by atoms with Crippen molar-refractivity contribution in [2.75, 3.05) is 27.2 Å². The standard InChI is InChI=1S/C62H99F3N12O13/c1-17-35(10)50-61(90)77-24-18-19-45(77)60(89)76(16)46(27-33(6)7)56(85)74-51(39(14)78)57(86)66-30-48(80)69-44(29-40-20-22-41(23-21-40)62(63,64)65)59(88)75(15)38(13)53(82)72-49(34(8)9)58(87)71-43(26-32(4)5)55(84)70-42(25-31(2)3)54(83)67-36(11)28-47(79)68-37(12)52(81)73-50/h20-23,31-39,42-46,49-51,78H,17-19,24-30H2,1-16H3,(H,66,86)(H,67,83)(H,68,79)(H,69,80)(H,70,84)(H,71,87)(H,72,82)(H,73,81)(H,74,85)/t35-,36+,37-,38-,39+,42-,43-,44-,45-,46-,49-,50-,51-/m0/s1. The molecule has 2 aliphatic heterocycles. The molecule has 0 radical (unpaired) electrons. The summed E-state index contributed by atoms with van der Waals surface area (Å²) in [7, 11) is 2.58. The lowest BCUT2D eigenvalue weighted by Crippen LogP contribution is -2.61. The molecule has 506 valence electrons. The van der Waals surface area contributed by atoms with Gasteiger partial charge in [-0.2, -0.15) is 13.2 Å². The van der Waals surface area contributed by atoms with Crippen LogP contribution in [0.1, 0.15) is 153 Å². The van der Waals surface area contributed by atoms with Crippen LogP contribution in [0.2, 0.25) is 0 Å². The summed E-state index contributed by atoms with van der Waals surface area (Å²) in [5.74, 6) is -11.2. The maximum atomic E-state index is 14.6. The van der Waals surface area contributed by atoms with Gasteiger partial charge in [-0.15, -0.1) is 0 Å². The van der Waals surface area contributed by atoms with Gasteiger partial charge in [0.2, 0.25) is 70.9 Å². The van der Waals surface area contributed by atoms with Crippen molar-refractivity contribution in [1.29, 1.82) is 0 Å². The van der Waals surface area contributed by atoms with Gasteiger partial charge in [-0.25, -0.2) is 0 Å². The van der Waals surface area contributed by atoms with Gasteiger partial charge in [-0.3, -0.25) is 57.5 Å². The lowest BCUT2D eigenvalue weighted by atomic mass is 9.96. The maximum absolute atomic E-state index is 14.6. The van der Waals surface area contributed by atoms with Crippen LogP contribution in [-0.4, -0.2) is 190 Å². The van der Waals surface area contributed by atoms with E-state index in [-0.39, 0.29) is 62.0 Å². The number of nitrogens with zero attached hydrogens (tertiary/aromatic N) is 3. The number of fused-ring (bicyclic) bond motifs is 1. The molecular weight excluding hydrogens is 1180 g/mol. The summed E-state index contributed by atoms with van der Waals surface area (Å²) in [4.78, 5) is 173. The zero-order valence-electron chi connectivity index (χ0n) is 55.0. The van der Waals surface area contributed by atoms with Crippen molar-refractivity contribution in [2.24, 2.45) is 29.6 Å². The molecule has 1 aromatic carbocycles. The summed E-state index contributed by atoms with van der Waals surface area (Å²) in [6, 6.07) is -10.3. The first-order valence-electron chi connectivity index (χ1n) is 31.2.